The van der Waals surface area contributed by atoms with Crippen LogP contribution in [0.3, 0.4) is 0 Å². The Kier molecular flexibility index (Phi) is 8.51. The van der Waals surface area contributed by atoms with Gasteiger partial charge in [-0.05, 0) is 48.5 Å². The van der Waals surface area contributed by atoms with Gasteiger partial charge in [0, 0.05) is 11.5 Å². The largest absolute Gasteiger partial charge is 0.497 e. The molecule has 0 aliphatic heterocycles. The molecule has 144 valence electrons. The second kappa shape index (κ2) is 11.1. The molecule has 0 aliphatic carbocycles. The topological polar surface area (TPSA) is 71.1 Å². The van der Waals surface area contributed by atoms with Crippen LogP contribution in [0.1, 0.15) is 12.8 Å². The fraction of sp³-hybridized carbons (Fsp3) is 0.300. The maximum atomic E-state index is 11.8. The number of carbonyl (C=O) groups excluding carboxylic acids is 2. The van der Waals surface area contributed by atoms with Crippen LogP contribution in [0.15, 0.2) is 48.5 Å². The van der Waals surface area contributed by atoms with Crippen LogP contribution in [0.4, 0.5) is 0 Å². The normalized spacial score (nSPS) is 10.1. The van der Waals surface area contributed by atoms with Crippen molar-refractivity contribution >= 4 is 23.7 Å². The van der Waals surface area contributed by atoms with Gasteiger partial charge >= 0.3 is 11.9 Å². The summed E-state index contributed by atoms with van der Waals surface area (Å²) >= 11 is 1.50. The number of hydrogen-bond donors (Lipinski definition) is 0. The standard InChI is InChI=1S/C20H22O6S/c1-23-15-3-7-17(8-4-15)25-19(21)11-13-27-14-12-20(22)26-18-9-5-16(24-2)6-10-18/h3-10H,11-14H2,1-2H3. The van der Waals surface area contributed by atoms with Gasteiger partial charge in [0.1, 0.15) is 23.0 Å². The van der Waals surface area contributed by atoms with E-state index in [9.17, 15) is 9.59 Å². The van der Waals surface area contributed by atoms with Crippen LogP contribution >= 0.6 is 11.8 Å². The monoisotopic (exact) mass is 390 g/mol. The number of methoxy groups -OCH3 is 2. The van der Waals surface area contributed by atoms with E-state index in [-0.39, 0.29) is 24.8 Å². The van der Waals surface area contributed by atoms with Gasteiger partial charge in [-0.1, -0.05) is 0 Å². The zero-order valence-corrected chi connectivity index (χ0v) is 16.1. The number of benzene rings is 2. The van der Waals surface area contributed by atoms with Crippen molar-refractivity contribution in [1.29, 1.82) is 0 Å². The molecule has 6 nitrogen and oxygen atoms in total. The summed E-state index contributed by atoms with van der Waals surface area (Å²) in [6.07, 6.45) is 0.536. The second-order valence-electron chi connectivity index (χ2n) is 5.41. The molecule has 0 aromatic heterocycles. The maximum Gasteiger partial charge on any atom is 0.312 e. The second-order valence-corrected chi connectivity index (χ2v) is 6.64. The van der Waals surface area contributed by atoms with Crippen LogP contribution in [0.5, 0.6) is 23.0 Å². The van der Waals surface area contributed by atoms with Gasteiger partial charge in [0.05, 0.1) is 27.1 Å². The summed E-state index contributed by atoms with van der Waals surface area (Å²) in [6, 6.07) is 13.6. The zero-order chi connectivity index (χ0) is 19.5. The lowest BCUT2D eigenvalue weighted by Crippen LogP contribution is -2.11. The Hall–Kier alpha value is -2.67. The van der Waals surface area contributed by atoms with Crippen molar-refractivity contribution in [2.75, 3.05) is 25.7 Å². The molecule has 0 radical (unpaired) electrons. The van der Waals surface area contributed by atoms with E-state index in [1.807, 2.05) is 0 Å². The molecule has 7 heteroatoms. The molecule has 0 atom stereocenters. The van der Waals surface area contributed by atoms with Crippen molar-refractivity contribution in [2.45, 2.75) is 12.8 Å². The fourth-order valence-corrected chi connectivity index (χ4v) is 2.89. The molecule has 0 saturated heterocycles. The number of thioether (sulfide) groups is 1. The molecule has 0 aliphatic rings. The summed E-state index contributed by atoms with van der Waals surface area (Å²) in [5.74, 6) is 2.89. The van der Waals surface area contributed by atoms with Crippen molar-refractivity contribution < 1.29 is 28.5 Å². The molecule has 0 unspecified atom stereocenters. The highest BCUT2D eigenvalue weighted by Crippen LogP contribution is 2.19. The molecule has 2 aromatic rings. The summed E-state index contributed by atoms with van der Waals surface area (Å²) in [5.41, 5.74) is 0. The van der Waals surface area contributed by atoms with Gasteiger partial charge in [-0.25, -0.2) is 0 Å². The zero-order valence-electron chi connectivity index (χ0n) is 15.3. The van der Waals surface area contributed by atoms with Gasteiger partial charge in [0.2, 0.25) is 0 Å². The van der Waals surface area contributed by atoms with E-state index >= 15 is 0 Å². The van der Waals surface area contributed by atoms with Gasteiger partial charge in [-0.3, -0.25) is 9.59 Å². The molecule has 0 amide bonds. The highest BCUT2D eigenvalue weighted by Gasteiger charge is 2.08. The summed E-state index contributed by atoms with van der Waals surface area (Å²) in [6.45, 7) is 0. The van der Waals surface area contributed by atoms with Crippen LogP contribution in [0, 0.1) is 0 Å². The third-order valence-electron chi connectivity index (χ3n) is 3.48. The molecule has 2 aromatic carbocycles. The maximum absolute atomic E-state index is 11.8. The van der Waals surface area contributed by atoms with Crippen LogP contribution in [-0.4, -0.2) is 37.7 Å². The van der Waals surface area contributed by atoms with E-state index < -0.39 is 0 Å². The molecule has 0 fully saturated rings. The predicted molar refractivity (Wildman–Crippen MR) is 104 cm³/mol. The lowest BCUT2D eigenvalue weighted by atomic mass is 10.3. The molecular formula is C20H22O6S. The first-order valence-corrected chi connectivity index (χ1v) is 9.53. The average Bonchev–Trinajstić information content (AvgIpc) is 2.69. The first kappa shape index (κ1) is 20.6. The minimum absolute atomic E-state index is 0.268. The number of esters is 2. The van der Waals surface area contributed by atoms with E-state index in [1.165, 1.54) is 11.8 Å². The van der Waals surface area contributed by atoms with E-state index in [0.29, 0.717) is 34.5 Å². The van der Waals surface area contributed by atoms with E-state index in [4.69, 9.17) is 18.9 Å². The third-order valence-corrected chi connectivity index (χ3v) is 4.47. The van der Waals surface area contributed by atoms with Gasteiger partial charge in [0.15, 0.2) is 0 Å². The van der Waals surface area contributed by atoms with Gasteiger partial charge in [-0.2, -0.15) is 11.8 Å². The summed E-state index contributed by atoms with van der Waals surface area (Å²) in [7, 11) is 3.15. The third kappa shape index (κ3) is 7.62. The van der Waals surface area contributed by atoms with Crippen molar-refractivity contribution in [3.63, 3.8) is 0 Å². The Morgan fingerprint density at radius 2 is 1.00 bits per heavy atom. The Morgan fingerprint density at radius 1 is 0.667 bits per heavy atom. The smallest absolute Gasteiger partial charge is 0.312 e. The minimum Gasteiger partial charge on any atom is -0.497 e. The Labute approximate surface area is 162 Å². The summed E-state index contributed by atoms with van der Waals surface area (Å²) in [5, 5.41) is 0. The summed E-state index contributed by atoms with van der Waals surface area (Å²) < 4.78 is 20.6. The number of carbonyl (C=O) groups is 2. The highest BCUT2D eigenvalue weighted by molar-refractivity contribution is 7.99. The Balaban J connectivity index is 1.58. The quantitative estimate of drug-likeness (QED) is 0.348. The SMILES string of the molecule is COc1ccc(OC(=O)CCSCCC(=O)Oc2ccc(OC)cc2)cc1. The van der Waals surface area contributed by atoms with Gasteiger partial charge in [-0.15, -0.1) is 0 Å². The molecule has 0 bridgehead atoms. The molecule has 27 heavy (non-hydrogen) atoms. The fourth-order valence-electron chi connectivity index (χ4n) is 2.07. The van der Waals surface area contributed by atoms with Gasteiger partial charge in [0.25, 0.3) is 0 Å². The number of rotatable bonds is 10. The Morgan fingerprint density at radius 3 is 1.33 bits per heavy atom. The highest BCUT2D eigenvalue weighted by atomic mass is 32.2. The first-order chi connectivity index (χ1) is 13.1. The predicted octanol–water partition coefficient (Wildman–Crippen LogP) is 3.73. The van der Waals surface area contributed by atoms with Crippen molar-refractivity contribution in [2.24, 2.45) is 0 Å². The first-order valence-electron chi connectivity index (χ1n) is 8.38. The Bertz CT molecular complexity index is 664. The van der Waals surface area contributed by atoms with Crippen molar-refractivity contribution in [3.8, 4) is 23.0 Å². The molecular weight excluding hydrogens is 368 g/mol. The molecule has 0 saturated carbocycles. The van der Waals surface area contributed by atoms with E-state index in [2.05, 4.69) is 0 Å². The van der Waals surface area contributed by atoms with Crippen LogP contribution < -0.4 is 18.9 Å². The van der Waals surface area contributed by atoms with Gasteiger partial charge < -0.3 is 18.9 Å². The lowest BCUT2D eigenvalue weighted by molar-refractivity contribution is -0.134. The molecule has 0 N–H and O–H groups in total. The van der Waals surface area contributed by atoms with Crippen LogP contribution in [0.25, 0.3) is 0 Å². The minimum atomic E-state index is -0.312. The van der Waals surface area contributed by atoms with Crippen LogP contribution in [0.2, 0.25) is 0 Å². The lowest BCUT2D eigenvalue weighted by Gasteiger charge is -2.06. The molecule has 0 heterocycles. The number of hydrogen-bond acceptors (Lipinski definition) is 7. The molecule has 2 rings (SSSR count). The molecule has 0 spiro atoms. The van der Waals surface area contributed by atoms with Crippen molar-refractivity contribution in [1.82, 2.24) is 0 Å². The van der Waals surface area contributed by atoms with Crippen molar-refractivity contribution in [3.05, 3.63) is 48.5 Å². The summed E-state index contributed by atoms with van der Waals surface area (Å²) in [4.78, 5) is 23.6. The average molecular weight is 390 g/mol. The van der Waals surface area contributed by atoms with Crippen LogP contribution in [-0.2, 0) is 9.59 Å². The van der Waals surface area contributed by atoms with E-state index in [1.54, 1.807) is 62.8 Å². The van der Waals surface area contributed by atoms with E-state index in [0.717, 1.165) is 0 Å². The number of ether oxygens (including phenoxy) is 4.